The lowest BCUT2D eigenvalue weighted by atomic mass is 9.70. The molecule has 0 aliphatic carbocycles. The van der Waals surface area contributed by atoms with Gasteiger partial charge in [0.05, 0.1) is 18.6 Å². The van der Waals surface area contributed by atoms with Crippen LogP contribution in [0.4, 0.5) is 4.79 Å². The van der Waals surface area contributed by atoms with Gasteiger partial charge in [-0.15, -0.1) is 0 Å². The molecule has 2 fully saturated rings. The highest BCUT2D eigenvalue weighted by atomic mass is 16.6. The summed E-state index contributed by atoms with van der Waals surface area (Å²) in [6.45, 7) is 10.3. The number of hydrogen-bond acceptors (Lipinski definition) is 6. The number of amides is 3. The van der Waals surface area contributed by atoms with E-state index in [2.05, 4.69) is 25.2 Å². The first kappa shape index (κ1) is 25.3. The summed E-state index contributed by atoms with van der Waals surface area (Å²) in [5, 5.41) is 2.54. The monoisotopic (exact) mass is 487 g/mol. The van der Waals surface area contributed by atoms with E-state index in [9.17, 15) is 14.4 Å². The summed E-state index contributed by atoms with van der Waals surface area (Å²) >= 11 is 0. The summed E-state index contributed by atoms with van der Waals surface area (Å²) in [4.78, 5) is 39.0. The summed E-state index contributed by atoms with van der Waals surface area (Å²) in [5.41, 5.74) is 5.31. The van der Waals surface area contributed by atoms with Crippen LogP contribution in [0.3, 0.4) is 0 Å². The molecule has 9 nitrogen and oxygen atoms in total. The number of carbonyl (C=O) groups is 3. The first-order valence-corrected chi connectivity index (χ1v) is 12.3. The van der Waals surface area contributed by atoms with Crippen molar-refractivity contribution in [2.24, 2.45) is 17.6 Å². The van der Waals surface area contributed by atoms with Crippen LogP contribution in [-0.4, -0.2) is 59.2 Å². The highest BCUT2D eigenvalue weighted by Crippen LogP contribution is 2.52. The van der Waals surface area contributed by atoms with Gasteiger partial charge in [0.2, 0.25) is 11.8 Å². The van der Waals surface area contributed by atoms with Crippen molar-refractivity contribution in [1.29, 1.82) is 0 Å². The van der Waals surface area contributed by atoms with Crippen LogP contribution in [0.2, 0.25) is 0 Å². The second-order valence-corrected chi connectivity index (χ2v) is 11.4. The van der Waals surface area contributed by atoms with Gasteiger partial charge in [-0.25, -0.2) is 4.79 Å². The van der Waals surface area contributed by atoms with Crippen molar-refractivity contribution >= 4 is 17.9 Å². The Bertz CT molecular complexity index is 988. The number of likely N-dealkylation sites (tertiary alicyclic amines) is 1. The zero-order valence-electron chi connectivity index (χ0n) is 21.2. The normalized spacial score (nSPS) is 27.9. The minimum Gasteiger partial charge on any atom is -0.487 e. The second kappa shape index (κ2) is 9.33. The Balaban J connectivity index is 1.47. The SMILES string of the molecule is CC(C)(C)OC(=O)N[C@@H](CC(N)=O)C(=O)N1CC[C@@H]2O[C@@H]3c4ccccc4OC(C)(C)[C@H]3C[C@@H]2C1. The molecule has 1 aromatic rings. The lowest BCUT2D eigenvalue weighted by molar-refractivity contribution is -0.189. The number of alkyl carbamates (subject to hydrolysis) is 1. The van der Waals surface area contributed by atoms with Crippen molar-refractivity contribution in [2.45, 2.75) is 83.3 Å². The van der Waals surface area contributed by atoms with Gasteiger partial charge >= 0.3 is 6.09 Å². The van der Waals surface area contributed by atoms with Crippen molar-refractivity contribution in [2.75, 3.05) is 13.1 Å². The fraction of sp³-hybridized carbons (Fsp3) is 0.654. The maximum atomic E-state index is 13.4. The van der Waals surface area contributed by atoms with Crippen LogP contribution in [0.25, 0.3) is 0 Å². The second-order valence-electron chi connectivity index (χ2n) is 11.4. The number of carbonyl (C=O) groups excluding carboxylic acids is 3. The van der Waals surface area contributed by atoms with Crippen molar-refractivity contribution < 1.29 is 28.6 Å². The molecule has 0 aromatic heterocycles. The Morgan fingerprint density at radius 2 is 1.97 bits per heavy atom. The third-order valence-electron chi connectivity index (χ3n) is 7.11. The average Bonchev–Trinajstić information content (AvgIpc) is 2.75. The Kier molecular flexibility index (Phi) is 6.74. The summed E-state index contributed by atoms with van der Waals surface area (Å²) in [5.74, 6) is 0.123. The molecular formula is C26H37N3O6. The molecule has 3 amide bonds. The molecule has 0 saturated carbocycles. The van der Waals surface area contributed by atoms with Crippen LogP contribution in [-0.2, 0) is 19.1 Å². The van der Waals surface area contributed by atoms with Crippen molar-refractivity contribution in [1.82, 2.24) is 10.2 Å². The molecule has 0 radical (unpaired) electrons. The standard InChI is InChI=1S/C26H37N3O6/c1-25(2,3)35-24(32)28-18(13-21(27)30)23(31)29-11-10-19-15(14-29)12-17-22(33-19)16-8-6-7-9-20(16)34-26(17,4)5/h6-9,15,17-19,22H,10-14H2,1-5H3,(H2,27,30)(H,28,32)/t15-,17+,18+,19+,22-/m1/s1. The van der Waals surface area contributed by atoms with Gasteiger partial charge in [0.15, 0.2) is 0 Å². The number of para-hydroxylation sites is 1. The number of primary amides is 1. The topological polar surface area (TPSA) is 120 Å². The van der Waals surface area contributed by atoms with E-state index in [1.54, 1.807) is 25.7 Å². The van der Waals surface area contributed by atoms with E-state index in [1.165, 1.54) is 0 Å². The number of hydrogen-bond donors (Lipinski definition) is 2. The molecule has 35 heavy (non-hydrogen) atoms. The van der Waals surface area contributed by atoms with E-state index in [1.807, 2.05) is 18.2 Å². The van der Waals surface area contributed by atoms with Gasteiger partial charge in [-0.05, 0) is 53.5 Å². The van der Waals surface area contributed by atoms with Crippen LogP contribution < -0.4 is 15.8 Å². The molecule has 0 spiro atoms. The maximum absolute atomic E-state index is 13.4. The highest BCUT2D eigenvalue weighted by Gasteiger charge is 2.51. The number of rotatable bonds is 4. The van der Waals surface area contributed by atoms with Crippen molar-refractivity contribution in [3.63, 3.8) is 0 Å². The minimum atomic E-state index is -1.07. The highest BCUT2D eigenvalue weighted by molar-refractivity contribution is 5.90. The van der Waals surface area contributed by atoms with Crippen molar-refractivity contribution in [3.05, 3.63) is 29.8 Å². The Morgan fingerprint density at radius 1 is 1.26 bits per heavy atom. The first-order chi connectivity index (χ1) is 16.3. The largest absolute Gasteiger partial charge is 0.487 e. The third-order valence-corrected chi connectivity index (χ3v) is 7.11. The number of ether oxygens (including phenoxy) is 3. The number of nitrogens with one attached hydrogen (secondary N) is 1. The maximum Gasteiger partial charge on any atom is 0.408 e. The molecule has 5 atom stereocenters. The molecular weight excluding hydrogens is 450 g/mol. The fourth-order valence-corrected chi connectivity index (χ4v) is 5.53. The molecule has 3 heterocycles. The molecule has 192 valence electrons. The predicted molar refractivity (Wildman–Crippen MR) is 129 cm³/mol. The fourth-order valence-electron chi connectivity index (χ4n) is 5.53. The molecule has 0 unspecified atom stereocenters. The molecule has 9 heteroatoms. The van der Waals surface area contributed by atoms with Crippen LogP contribution >= 0.6 is 0 Å². The molecule has 4 rings (SSSR count). The van der Waals surface area contributed by atoms with Crippen LogP contribution in [0, 0.1) is 11.8 Å². The zero-order valence-corrected chi connectivity index (χ0v) is 21.2. The van der Waals surface area contributed by atoms with Gasteiger partial charge in [0, 0.05) is 30.5 Å². The Morgan fingerprint density at radius 3 is 2.66 bits per heavy atom. The number of nitrogens with zero attached hydrogens (tertiary/aromatic N) is 1. The van der Waals surface area contributed by atoms with E-state index < -0.39 is 29.2 Å². The van der Waals surface area contributed by atoms with Gasteiger partial charge < -0.3 is 30.2 Å². The molecule has 3 aliphatic rings. The predicted octanol–water partition coefficient (Wildman–Crippen LogP) is 2.92. The van der Waals surface area contributed by atoms with Gasteiger partial charge in [0.25, 0.3) is 0 Å². The van der Waals surface area contributed by atoms with Gasteiger partial charge in [-0.3, -0.25) is 9.59 Å². The van der Waals surface area contributed by atoms with Crippen LogP contribution in [0.5, 0.6) is 5.75 Å². The van der Waals surface area contributed by atoms with E-state index >= 15 is 0 Å². The van der Waals surface area contributed by atoms with Gasteiger partial charge in [0.1, 0.15) is 23.0 Å². The smallest absolute Gasteiger partial charge is 0.408 e. The molecule has 1 aromatic carbocycles. The summed E-state index contributed by atoms with van der Waals surface area (Å²) in [7, 11) is 0. The Labute approximate surface area is 206 Å². The molecule has 0 bridgehead atoms. The lowest BCUT2D eigenvalue weighted by Gasteiger charge is -2.53. The average molecular weight is 488 g/mol. The van der Waals surface area contributed by atoms with Gasteiger partial charge in [-0.1, -0.05) is 18.2 Å². The third kappa shape index (κ3) is 5.55. The number of fused-ring (bicyclic) bond motifs is 4. The van der Waals surface area contributed by atoms with Crippen LogP contribution in [0.1, 0.15) is 65.5 Å². The van der Waals surface area contributed by atoms with E-state index in [0.717, 1.165) is 17.7 Å². The minimum absolute atomic E-state index is 0.0238. The van der Waals surface area contributed by atoms with E-state index in [0.29, 0.717) is 19.5 Å². The summed E-state index contributed by atoms with van der Waals surface area (Å²) < 4.78 is 18.3. The lowest BCUT2D eigenvalue weighted by Crippen LogP contribution is -2.58. The summed E-state index contributed by atoms with van der Waals surface area (Å²) in [6, 6.07) is 6.96. The quantitative estimate of drug-likeness (QED) is 0.674. The number of benzene rings is 1. The van der Waals surface area contributed by atoms with Crippen molar-refractivity contribution in [3.8, 4) is 5.75 Å². The Hall–Kier alpha value is -2.81. The van der Waals surface area contributed by atoms with E-state index in [-0.39, 0.29) is 36.4 Å². The van der Waals surface area contributed by atoms with Crippen LogP contribution in [0.15, 0.2) is 24.3 Å². The number of piperidine rings is 1. The molecule has 3 N–H and O–H groups in total. The molecule has 2 saturated heterocycles. The first-order valence-electron chi connectivity index (χ1n) is 12.3. The zero-order chi connectivity index (χ0) is 25.5. The summed E-state index contributed by atoms with van der Waals surface area (Å²) in [6.07, 6.45) is 0.460. The van der Waals surface area contributed by atoms with E-state index in [4.69, 9.17) is 19.9 Å². The molecule has 3 aliphatic heterocycles. The number of nitrogens with two attached hydrogens (primary N) is 1. The van der Waals surface area contributed by atoms with Gasteiger partial charge in [-0.2, -0.15) is 0 Å².